The molecule has 0 unspecified atom stereocenters. The van der Waals surface area contributed by atoms with E-state index in [2.05, 4.69) is 4.98 Å². The molecule has 5 nitrogen and oxygen atoms in total. The van der Waals surface area contributed by atoms with Gasteiger partial charge in [0.2, 0.25) is 0 Å². The van der Waals surface area contributed by atoms with E-state index in [1.165, 1.54) is 0 Å². The Bertz CT molecular complexity index is 590. The van der Waals surface area contributed by atoms with Crippen LogP contribution < -0.4 is 0 Å². The van der Waals surface area contributed by atoms with E-state index in [1.807, 2.05) is 17.6 Å². The van der Waals surface area contributed by atoms with Gasteiger partial charge in [-0.15, -0.1) is 0 Å². The quantitative estimate of drug-likeness (QED) is 0.840. The molecule has 5 heteroatoms. The largest absolute Gasteiger partial charge is 0.508 e. The molecular weight excluding hydrogens is 244 g/mol. The van der Waals surface area contributed by atoms with Crippen LogP contribution in [0, 0.1) is 6.92 Å². The third kappa shape index (κ3) is 3.05. The number of hydrogen-bond acceptors (Lipinski definition) is 4. The highest BCUT2D eigenvalue weighted by Gasteiger charge is 2.09. The Kier molecular flexibility index (Phi) is 4.04. The molecule has 0 fully saturated rings. The fourth-order valence-corrected chi connectivity index (χ4v) is 2.14. The van der Waals surface area contributed by atoms with Gasteiger partial charge in [-0.3, -0.25) is 4.79 Å². The molecule has 102 valence electrons. The van der Waals surface area contributed by atoms with Crippen molar-refractivity contribution < 1.29 is 14.6 Å². The number of ether oxygens (including phenoxy) is 1. The summed E-state index contributed by atoms with van der Waals surface area (Å²) in [6, 6.07) is 5.13. The van der Waals surface area contributed by atoms with Gasteiger partial charge in [-0.1, -0.05) is 0 Å². The van der Waals surface area contributed by atoms with Crippen LogP contribution in [-0.4, -0.2) is 27.2 Å². The predicted molar refractivity (Wildman–Crippen MR) is 72.0 cm³/mol. The first-order valence-corrected chi connectivity index (χ1v) is 6.43. The number of aromatic hydroxyl groups is 1. The van der Waals surface area contributed by atoms with Crippen molar-refractivity contribution in [3.05, 3.63) is 24.0 Å². The van der Waals surface area contributed by atoms with Gasteiger partial charge in [0.05, 0.1) is 17.6 Å². The zero-order chi connectivity index (χ0) is 13.8. The molecule has 19 heavy (non-hydrogen) atoms. The standard InChI is InChI=1S/C14H18N2O3/c1-3-19-14(18)5-4-8-16-10(2)15-12-9-11(17)6-7-13(12)16/h6-7,9,17H,3-5,8H2,1-2H3. The zero-order valence-corrected chi connectivity index (χ0v) is 11.2. The van der Waals surface area contributed by atoms with Crippen molar-refractivity contribution in [3.8, 4) is 5.75 Å². The van der Waals surface area contributed by atoms with Gasteiger partial charge in [0.1, 0.15) is 11.6 Å². The average Bonchev–Trinajstić information content (AvgIpc) is 2.65. The third-order valence-electron chi connectivity index (χ3n) is 2.99. The lowest BCUT2D eigenvalue weighted by atomic mass is 10.2. The van der Waals surface area contributed by atoms with Crippen molar-refractivity contribution in [2.45, 2.75) is 33.2 Å². The van der Waals surface area contributed by atoms with Gasteiger partial charge in [0.25, 0.3) is 0 Å². The first-order chi connectivity index (χ1) is 9.11. The van der Waals surface area contributed by atoms with Crippen LogP contribution in [0.2, 0.25) is 0 Å². The maximum Gasteiger partial charge on any atom is 0.305 e. The number of phenols is 1. The lowest BCUT2D eigenvalue weighted by Gasteiger charge is -2.06. The highest BCUT2D eigenvalue weighted by atomic mass is 16.5. The van der Waals surface area contributed by atoms with Crippen molar-refractivity contribution in [1.29, 1.82) is 0 Å². The van der Waals surface area contributed by atoms with Crippen LogP contribution in [0.3, 0.4) is 0 Å². The number of carbonyl (C=O) groups is 1. The first kappa shape index (κ1) is 13.4. The molecule has 2 aromatic rings. The normalized spacial score (nSPS) is 10.8. The van der Waals surface area contributed by atoms with Crippen molar-refractivity contribution in [2.75, 3.05) is 6.61 Å². The number of benzene rings is 1. The van der Waals surface area contributed by atoms with E-state index < -0.39 is 0 Å². The minimum atomic E-state index is -0.165. The topological polar surface area (TPSA) is 64.4 Å². The smallest absolute Gasteiger partial charge is 0.305 e. The van der Waals surface area contributed by atoms with E-state index in [1.54, 1.807) is 19.1 Å². The summed E-state index contributed by atoms with van der Waals surface area (Å²) in [6.07, 6.45) is 1.12. The summed E-state index contributed by atoms with van der Waals surface area (Å²) in [4.78, 5) is 15.7. The Morgan fingerprint density at radius 2 is 2.26 bits per heavy atom. The van der Waals surface area contributed by atoms with Gasteiger partial charge in [0.15, 0.2) is 0 Å². The van der Waals surface area contributed by atoms with Crippen LogP contribution >= 0.6 is 0 Å². The van der Waals surface area contributed by atoms with Gasteiger partial charge in [-0.2, -0.15) is 0 Å². The molecular formula is C14H18N2O3. The Morgan fingerprint density at radius 1 is 1.47 bits per heavy atom. The molecule has 2 rings (SSSR count). The number of imidazole rings is 1. The minimum absolute atomic E-state index is 0.165. The maximum atomic E-state index is 11.3. The van der Waals surface area contributed by atoms with Gasteiger partial charge in [-0.25, -0.2) is 4.98 Å². The van der Waals surface area contributed by atoms with E-state index in [4.69, 9.17) is 4.74 Å². The number of carbonyl (C=O) groups excluding carboxylic acids is 1. The molecule has 0 radical (unpaired) electrons. The minimum Gasteiger partial charge on any atom is -0.508 e. The van der Waals surface area contributed by atoms with Crippen molar-refractivity contribution in [3.63, 3.8) is 0 Å². The van der Waals surface area contributed by atoms with Crippen LogP contribution in [0.25, 0.3) is 11.0 Å². The highest BCUT2D eigenvalue weighted by molar-refractivity contribution is 5.77. The molecule has 0 spiro atoms. The summed E-state index contributed by atoms with van der Waals surface area (Å²) in [7, 11) is 0. The molecule has 0 saturated heterocycles. The van der Waals surface area contributed by atoms with Crippen LogP contribution in [0.5, 0.6) is 5.75 Å². The molecule has 1 heterocycles. The molecule has 0 aliphatic heterocycles. The Hall–Kier alpha value is -2.04. The molecule has 1 aromatic heterocycles. The second-order valence-corrected chi connectivity index (χ2v) is 4.39. The molecule has 0 aliphatic carbocycles. The number of esters is 1. The average molecular weight is 262 g/mol. The summed E-state index contributed by atoms with van der Waals surface area (Å²) in [6.45, 7) is 4.86. The summed E-state index contributed by atoms with van der Waals surface area (Å²) in [5, 5.41) is 9.43. The van der Waals surface area contributed by atoms with E-state index in [0.717, 1.165) is 16.9 Å². The fourth-order valence-electron chi connectivity index (χ4n) is 2.14. The van der Waals surface area contributed by atoms with Gasteiger partial charge < -0.3 is 14.4 Å². The van der Waals surface area contributed by atoms with E-state index in [0.29, 0.717) is 26.0 Å². The Balaban J connectivity index is 2.08. The molecule has 0 amide bonds. The van der Waals surface area contributed by atoms with Crippen molar-refractivity contribution in [2.24, 2.45) is 0 Å². The van der Waals surface area contributed by atoms with Gasteiger partial charge >= 0.3 is 5.97 Å². The molecule has 0 atom stereocenters. The SMILES string of the molecule is CCOC(=O)CCCn1c(C)nc2cc(O)ccc21. The van der Waals surface area contributed by atoms with Crippen LogP contribution in [-0.2, 0) is 16.1 Å². The molecule has 0 bridgehead atoms. The van der Waals surface area contributed by atoms with Crippen molar-refractivity contribution in [1.82, 2.24) is 9.55 Å². The van der Waals surface area contributed by atoms with Crippen LogP contribution in [0.15, 0.2) is 18.2 Å². The zero-order valence-electron chi connectivity index (χ0n) is 11.2. The number of hydrogen-bond donors (Lipinski definition) is 1. The number of aryl methyl sites for hydroxylation is 2. The summed E-state index contributed by atoms with van der Waals surface area (Å²) >= 11 is 0. The maximum absolute atomic E-state index is 11.3. The van der Waals surface area contributed by atoms with Crippen molar-refractivity contribution >= 4 is 17.0 Å². The second-order valence-electron chi connectivity index (χ2n) is 4.39. The summed E-state index contributed by atoms with van der Waals surface area (Å²) in [5.41, 5.74) is 1.74. The van der Waals surface area contributed by atoms with E-state index in [-0.39, 0.29) is 11.7 Å². The van der Waals surface area contributed by atoms with Gasteiger partial charge in [-0.05, 0) is 32.4 Å². The second kappa shape index (κ2) is 5.73. The van der Waals surface area contributed by atoms with Crippen LogP contribution in [0.4, 0.5) is 0 Å². The number of nitrogens with zero attached hydrogens (tertiary/aromatic N) is 2. The molecule has 0 saturated carbocycles. The third-order valence-corrected chi connectivity index (χ3v) is 2.99. The molecule has 1 N–H and O–H groups in total. The van der Waals surface area contributed by atoms with E-state index in [9.17, 15) is 9.90 Å². The lowest BCUT2D eigenvalue weighted by molar-refractivity contribution is -0.143. The van der Waals surface area contributed by atoms with Crippen LogP contribution in [0.1, 0.15) is 25.6 Å². The Labute approximate surface area is 111 Å². The number of phenolic OH excluding ortho intramolecular Hbond substituents is 1. The fraction of sp³-hybridized carbons (Fsp3) is 0.429. The Morgan fingerprint density at radius 3 is 3.00 bits per heavy atom. The van der Waals surface area contributed by atoms with E-state index >= 15 is 0 Å². The predicted octanol–water partition coefficient (Wildman–Crippen LogP) is 2.39. The lowest BCUT2D eigenvalue weighted by Crippen LogP contribution is -2.07. The molecule has 0 aliphatic rings. The number of fused-ring (bicyclic) bond motifs is 1. The monoisotopic (exact) mass is 262 g/mol. The van der Waals surface area contributed by atoms with Gasteiger partial charge in [0, 0.05) is 19.0 Å². The molecule has 1 aromatic carbocycles. The first-order valence-electron chi connectivity index (χ1n) is 6.43. The highest BCUT2D eigenvalue weighted by Crippen LogP contribution is 2.21. The summed E-state index contributed by atoms with van der Waals surface area (Å²) < 4.78 is 6.95. The number of rotatable bonds is 5. The summed E-state index contributed by atoms with van der Waals surface area (Å²) in [5.74, 6) is 0.926. The number of aromatic nitrogens is 2.